The van der Waals surface area contributed by atoms with E-state index in [0.717, 1.165) is 49.5 Å². The van der Waals surface area contributed by atoms with E-state index >= 15 is 0 Å². The number of nitrogens with one attached hydrogen (secondary N) is 1. The predicted octanol–water partition coefficient (Wildman–Crippen LogP) is 2.70. The van der Waals surface area contributed by atoms with E-state index in [1.54, 1.807) is 4.90 Å². The van der Waals surface area contributed by atoms with Gasteiger partial charge in [-0.3, -0.25) is 4.79 Å². The Balaban J connectivity index is 1.34. The minimum atomic E-state index is -0.211. The molecule has 2 fully saturated rings. The van der Waals surface area contributed by atoms with E-state index < -0.39 is 0 Å². The zero-order chi connectivity index (χ0) is 24.6. The molecule has 1 aromatic heterocycles. The van der Waals surface area contributed by atoms with Crippen LogP contribution in [0, 0.1) is 6.92 Å². The average Bonchev–Trinajstić information content (AvgIpc) is 3.25. The van der Waals surface area contributed by atoms with Gasteiger partial charge < -0.3 is 24.8 Å². The molecule has 0 spiro atoms. The van der Waals surface area contributed by atoms with Crippen molar-refractivity contribution in [1.82, 2.24) is 25.3 Å². The maximum Gasteiger partial charge on any atom is 0.317 e. The number of rotatable bonds is 7. The van der Waals surface area contributed by atoms with Crippen molar-refractivity contribution >= 4 is 17.8 Å². The Labute approximate surface area is 207 Å². The van der Waals surface area contributed by atoms with Crippen LogP contribution in [-0.2, 0) is 9.53 Å². The molecule has 2 aliphatic rings. The molecule has 0 saturated carbocycles. The second-order valence-corrected chi connectivity index (χ2v) is 9.22. The summed E-state index contributed by atoms with van der Waals surface area (Å²) in [6.07, 6.45) is 2.76. The number of ether oxygens (including phenoxy) is 1. The van der Waals surface area contributed by atoms with E-state index in [0.29, 0.717) is 32.7 Å². The summed E-state index contributed by atoms with van der Waals surface area (Å²) in [4.78, 5) is 31.3. The number of aromatic nitrogens is 2. The second kappa shape index (κ2) is 12.0. The standard InChI is InChI=1S/C26H36N6O3/c1-3-27-26(34)32(18-22-6-4-17-35-22)19-25(33)31-14-5-13-30(15-16-31)24-12-11-23(28-29-24)21-9-7-20(2)8-10-21/h7-12,22H,3-6,13-19H2,1-2H3,(H,27,34). The van der Waals surface area contributed by atoms with Gasteiger partial charge in [-0.15, -0.1) is 10.2 Å². The van der Waals surface area contributed by atoms with E-state index in [1.807, 2.05) is 24.0 Å². The molecule has 3 heterocycles. The van der Waals surface area contributed by atoms with E-state index in [2.05, 4.69) is 51.6 Å². The van der Waals surface area contributed by atoms with Crippen LogP contribution in [0.25, 0.3) is 11.3 Å². The van der Waals surface area contributed by atoms with Gasteiger partial charge in [-0.05, 0) is 45.2 Å². The van der Waals surface area contributed by atoms with Crippen LogP contribution in [0.15, 0.2) is 36.4 Å². The fourth-order valence-electron chi connectivity index (χ4n) is 4.55. The fraction of sp³-hybridized carbons (Fsp3) is 0.538. The summed E-state index contributed by atoms with van der Waals surface area (Å²) in [6, 6.07) is 12.0. The van der Waals surface area contributed by atoms with Crippen molar-refractivity contribution < 1.29 is 14.3 Å². The molecule has 3 amide bonds. The Morgan fingerprint density at radius 2 is 1.89 bits per heavy atom. The fourth-order valence-corrected chi connectivity index (χ4v) is 4.55. The molecule has 0 aliphatic carbocycles. The Kier molecular flexibility index (Phi) is 8.52. The number of amides is 3. The van der Waals surface area contributed by atoms with Crippen LogP contribution in [0.1, 0.15) is 31.7 Å². The highest BCUT2D eigenvalue weighted by atomic mass is 16.5. The number of carbonyl (C=O) groups excluding carboxylic acids is 2. The number of anilines is 1. The summed E-state index contributed by atoms with van der Waals surface area (Å²) in [5.41, 5.74) is 3.10. The van der Waals surface area contributed by atoms with Crippen LogP contribution in [0.3, 0.4) is 0 Å². The van der Waals surface area contributed by atoms with Gasteiger partial charge in [0.1, 0.15) is 6.54 Å². The first-order chi connectivity index (χ1) is 17.0. The highest BCUT2D eigenvalue weighted by Crippen LogP contribution is 2.20. The third-order valence-corrected chi connectivity index (χ3v) is 6.56. The van der Waals surface area contributed by atoms with Gasteiger partial charge in [0.15, 0.2) is 5.82 Å². The number of carbonyl (C=O) groups is 2. The van der Waals surface area contributed by atoms with E-state index in [-0.39, 0.29) is 24.6 Å². The summed E-state index contributed by atoms with van der Waals surface area (Å²) in [7, 11) is 0. The van der Waals surface area contributed by atoms with Crippen LogP contribution in [0.5, 0.6) is 0 Å². The van der Waals surface area contributed by atoms with E-state index in [1.165, 1.54) is 5.56 Å². The van der Waals surface area contributed by atoms with Gasteiger partial charge in [0, 0.05) is 51.4 Å². The lowest BCUT2D eigenvalue weighted by Crippen LogP contribution is -2.49. The van der Waals surface area contributed by atoms with Crippen molar-refractivity contribution in [2.45, 2.75) is 39.2 Å². The van der Waals surface area contributed by atoms with Gasteiger partial charge in [0.25, 0.3) is 0 Å². The Morgan fingerprint density at radius 3 is 2.57 bits per heavy atom. The molecule has 4 rings (SSSR count). The normalized spacial score (nSPS) is 18.3. The van der Waals surface area contributed by atoms with Crippen molar-refractivity contribution in [2.75, 3.05) is 57.3 Å². The summed E-state index contributed by atoms with van der Waals surface area (Å²) < 4.78 is 5.70. The van der Waals surface area contributed by atoms with Gasteiger partial charge >= 0.3 is 6.03 Å². The molecule has 1 aromatic carbocycles. The molecular weight excluding hydrogens is 444 g/mol. The third-order valence-electron chi connectivity index (χ3n) is 6.56. The third kappa shape index (κ3) is 6.69. The van der Waals surface area contributed by atoms with Gasteiger partial charge in [-0.25, -0.2) is 4.79 Å². The molecule has 1 atom stereocenters. The van der Waals surface area contributed by atoms with Crippen LogP contribution >= 0.6 is 0 Å². The van der Waals surface area contributed by atoms with Gasteiger partial charge in [-0.2, -0.15) is 0 Å². The van der Waals surface area contributed by atoms with Crippen molar-refractivity contribution in [2.24, 2.45) is 0 Å². The first kappa shape index (κ1) is 24.9. The van der Waals surface area contributed by atoms with Crippen molar-refractivity contribution in [3.05, 3.63) is 42.0 Å². The average molecular weight is 481 g/mol. The van der Waals surface area contributed by atoms with Crippen LogP contribution in [0.4, 0.5) is 10.6 Å². The zero-order valence-electron chi connectivity index (χ0n) is 20.8. The number of urea groups is 1. The molecule has 2 aliphatic heterocycles. The first-order valence-corrected chi connectivity index (χ1v) is 12.6. The molecule has 1 N–H and O–H groups in total. The molecule has 9 nitrogen and oxygen atoms in total. The molecule has 2 aromatic rings. The van der Waals surface area contributed by atoms with Gasteiger partial charge in [0.2, 0.25) is 5.91 Å². The van der Waals surface area contributed by atoms with Gasteiger partial charge in [-0.1, -0.05) is 29.8 Å². The van der Waals surface area contributed by atoms with Crippen molar-refractivity contribution in [3.63, 3.8) is 0 Å². The number of hydrogen-bond acceptors (Lipinski definition) is 6. The molecule has 1 unspecified atom stereocenters. The molecule has 2 saturated heterocycles. The van der Waals surface area contributed by atoms with Crippen molar-refractivity contribution in [3.8, 4) is 11.3 Å². The first-order valence-electron chi connectivity index (χ1n) is 12.6. The second-order valence-electron chi connectivity index (χ2n) is 9.22. The molecule has 9 heteroatoms. The smallest absolute Gasteiger partial charge is 0.317 e. The predicted molar refractivity (Wildman–Crippen MR) is 135 cm³/mol. The SMILES string of the molecule is CCNC(=O)N(CC(=O)N1CCCN(c2ccc(-c3ccc(C)cc3)nn2)CC1)CC1CCCO1. The summed E-state index contributed by atoms with van der Waals surface area (Å²) in [5, 5.41) is 11.7. The number of aryl methyl sites for hydroxylation is 1. The largest absolute Gasteiger partial charge is 0.376 e. The van der Waals surface area contributed by atoms with Crippen LogP contribution < -0.4 is 10.2 Å². The molecular formula is C26H36N6O3. The molecule has 35 heavy (non-hydrogen) atoms. The highest BCUT2D eigenvalue weighted by Gasteiger charge is 2.27. The molecule has 0 bridgehead atoms. The lowest BCUT2D eigenvalue weighted by Gasteiger charge is -2.28. The highest BCUT2D eigenvalue weighted by molar-refractivity contribution is 5.84. The molecule has 188 valence electrons. The van der Waals surface area contributed by atoms with Crippen LogP contribution in [-0.4, -0.2) is 90.5 Å². The zero-order valence-corrected chi connectivity index (χ0v) is 20.8. The number of benzene rings is 1. The van der Waals surface area contributed by atoms with E-state index in [9.17, 15) is 9.59 Å². The monoisotopic (exact) mass is 480 g/mol. The Bertz CT molecular complexity index is 976. The summed E-state index contributed by atoms with van der Waals surface area (Å²) >= 11 is 0. The van der Waals surface area contributed by atoms with E-state index in [4.69, 9.17) is 4.74 Å². The van der Waals surface area contributed by atoms with Crippen molar-refractivity contribution in [1.29, 1.82) is 0 Å². The Hall–Kier alpha value is -3.20. The number of hydrogen-bond donors (Lipinski definition) is 1. The molecule has 0 radical (unpaired) electrons. The lowest BCUT2D eigenvalue weighted by atomic mass is 10.1. The topological polar surface area (TPSA) is 90.9 Å². The number of nitrogens with zero attached hydrogens (tertiary/aromatic N) is 5. The maximum absolute atomic E-state index is 13.1. The maximum atomic E-state index is 13.1. The quantitative estimate of drug-likeness (QED) is 0.655. The van der Waals surface area contributed by atoms with Crippen LogP contribution in [0.2, 0.25) is 0 Å². The minimum absolute atomic E-state index is 0.00601. The van der Waals surface area contributed by atoms with Gasteiger partial charge in [0.05, 0.1) is 11.8 Å². The Morgan fingerprint density at radius 1 is 1.06 bits per heavy atom. The summed E-state index contributed by atoms with van der Waals surface area (Å²) in [6.45, 7) is 8.43. The summed E-state index contributed by atoms with van der Waals surface area (Å²) in [5.74, 6) is 0.786. The lowest BCUT2D eigenvalue weighted by molar-refractivity contribution is -0.131. The minimum Gasteiger partial charge on any atom is -0.376 e.